The maximum absolute atomic E-state index is 11.3. The first-order valence-electron chi connectivity index (χ1n) is 6.46. The van der Waals surface area contributed by atoms with Crippen molar-refractivity contribution in [2.75, 3.05) is 11.9 Å². The first kappa shape index (κ1) is 13.5. The van der Waals surface area contributed by atoms with Crippen molar-refractivity contribution in [2.24, 2.45) is 0 Å². The number of benzene rings is 1. The molecule has 0 saturated heterocycles. The second kappa shape index (κ2) is 5.88. The van der Waals surface area contributed by atoms with Crippen molar-refractivity contribution in [1.29, 1.82) is 0 Å². The van der Waals surface area contributed by atoms with Crippen LogP contribution in [0, 0.1) is 10.1 Å². The molecular weight excluding hydrogens is 290 g/mol. The third kappa shape index (κ3) is 2.84. The second-order valence-electron chi connectivity index (χ2n) is 4.50. The number of rotatable bonds is 6. The fourth-order valence-corrected chi connectivity index (χ4v) is 2.83. The molecule has 8 heteroatoms. The summed E-state index contributed by atoms with van der Waals surface area (Å²) in [6.45, 7) is 1.47. The van der Waals surface area contributed by atoms with Crippen LogP contribution in [-0.2, 0) is 6.54 Å². The number of nitro groups is 1. The van der Waals surface area contributed by atoms with E-state index in [1.165, 1.54) is 11.3 Å². The molecule has 0 atom stereocenters. The van der Waals surface area contributed by atoms with Crippen LogP contribution >= 0.6 is 11.3 Å². The smallest absolute Gasteiger partial charge is 0.319 e. The van der Waals surface area contributed by atoms with Crippen LogP contribution in [0.15, 0.2) is 36.4 Å². The summed E-state index contributed by atoms with van der Waals surface area (Å²) in [5.41, 5.74) is 2.64. The van der Waals surface area contributed by atoms with E-state index < -0.39 is 0 Å². The normalized spacial score (nSPS) is 10.9. The van der Waals surface area contributed by atoms with E-state index >= 15 is 0 Å². The molecule has 1 N–H and O–H groups in total. The summed E-state index contributed by atoms with van der Waals surface area (Å²) in [5.74, 6) is 0. The molecule has 7 nitrogen and oxygen atoms in total. The van der Waals surface area contributed by atoms with Gasteiger partial charge in [0, 0.05) is 25.5 Å². The number of thiazole rings is 1. The van der Waals surface area contributed by atoms with Gasteiger partial charge >= 0.3 is 5.69 Å². The number of aryl methyl sites for hydroxylation is 1. The lowest BCUT2D eigenvalue weighted by Gasteiger charge is -2.07. The number of hydrogen-bond acceptors (Lipinski definition) is 6. The molecule has 3 aromatic rings. The van der Waals surface area contributed by atoms with Gasteiger partial charge in [-0.3, -0.25) is 10.1 Å². The van der Waals surface area contributed by atoms with Crippen molar-refractivity contribution >= 4 is 32.9 Å². The van der Waals surface area contributed by atoms with Crippen LogP contribution < -0.4 is 5.32 Å². The highest BCUT2D eigenvalue weighted by molar-refractivity contribution is 7.16. The van der Waals surface area contributed by atoms with E-state index in [2.05, 4.69) is 15.3 Å². The van der Waals surface area contributed by atoms with Crippen molar-refractivity contribution < 1.29 is 4.92 Å². The van der Waals surface area contributed by atoms with E-state index in [-0.39, 0.29) is 10.6 Å². The van der Waals surface area contributed by atoms with Gasteiger partial charge in [-0.2, -0.15) is 0 Å². The highest BCUT2D eigenvalue weighted by Crippen LogP contribution is 2.34. The molecule has 0 bridgehead atoms. The lowest BCUT2D eigenvalue weighted by atomic mass is 10.2. The quantitative estimate of drug-likeness (QED) is 0.430. The standard InChI is InChI=1S/C13H13N5O2S/c19-18(20)13-10(2-3-11-12(13)16-9-21-11)15-4-1-6-17-7-5-14-8-17/h2-3,5,7-9,15H,1,4,6H2. The van der Waals surface area contributed by atoms with Gasteiger partial charge in [-0.25, -0.2) is 9.97 Å². The molecular formula is C13H13N5O2S. The Balaban J connectivity index is 1.71. The lowest BCUT2D eigenvalue weighted by Crippen LogP contribution is -2.07. The van der Waals surface area contributed by atoms with Crippen LogP contribution in [0.2, 0.25) is 0 Å². The number of aromatic nitrogens is 3. The summed E-state index contributed by atoms with van der Waals surface area (Å²) in [7, 11) is 0. The zero-order chi connectivity index (χ0) is 14.7. The molecule has 0 aliphatic rings. The largest absolute Gasteiger partial charge is 0.379 e. The number of nitrogens with one attached hydrogen (secondary N) is 1. The fraction of sp³-hybridized carbons (Fsp3) is 0.231. The average Bonchev–Trinajstić information content (AvgIpc) is 3.13. The van der Waals surface area contributed by atoms with E-state index in [9.17, 15) is 10.1 Å². The highest BCUT2D eigenvalue weighted by Gasteiger charge is 2.20. The van der Waals surface area contributed by atoms with E-state index in [0.717, 1.165) is 17.7 Å². The minimum Gasteiger partial charge on any atom is -0.379 e. The van der Waals surface area contributed by atoms with Gasteiger partial charge in [-0.1, -0.05) is 0 Å². The Labute approximate surface area is 124 Å². The SMILES string of the molecule is O=[N+]([O-])c1c(NCCCn2ccnc2)ccc2scnc12. The summed E-state index contributed by atoms with van der Waals surface area (Å²) in [6, 6.07) is 3.61. The predicted molar refractivity (Wildman–Crippen MR) is 81.6 cm³/mol. The third-order valence-corrected chi connectivity index (χ3v) is 3.92. The zero-order valence-corrected chi connectivity index (χ0v) is 11.9. The van der Waals surface area contributed by atoms with Crippen molar-refractivity contribution in [3.05, 3.63) is 46.5 Å². The molecule has 0 aliphatic heterocycles. The molecule has 2 heterocycles. The van der Waals surface area contributed by atoms with Crippen LogP contribution in [0.4, 0.5) is 11.4 Å². The molecule has 2 aromatic heterocycles. The first-order chi connectivity index (χ1) is 10.3. The van der Waals surface area contributed by atoms with Crippen LogP contribution in [0.3, 0.4) is 0 Å². The average molecular weight is 303 g/mol. The molecule has 0 spiro atoms. The highest BCUT2D eigenvalue weighted by atomic mass is 32.1. The minimum atomic E-state index is -0.375. The summed E-state index contributed by atoms with van der Waals surface area (Å²) < 4.78 is 2.80. The molecule has 0 unspecified atom stereocenters. The van der Waals surface area contributed by atoms with Gasteiger partial charge in [-0.05, 0) is 18.6 Å². The molecule has 0 fully saturated rings. The molecule has 0 amide bonds. The topological polar surface area (TPSA) is 85.9 Å². The van der Waals surface area contributed by atoms with Crippen molar-refractivity contribution in [3.63, 3.8) is 0 Å². The van der Waals surface area contributed by atoms with Gasteiger partial charge in [0.25, 0.3) is 0 Å². The molecule has 0 saturated carbocycles. The molecule has 0 aliphatic carbocycles. The maximum atomic E-state index is 11.3. The first-order valence-corrected chi connectivity index (χ1v) is 7.34. The van der Waals surface area contributed by atoms with E-state index in [1.807, 2.05) is 16.8 Å². The van der Waals surface area contributed by atoms with E-state index in [0.29, 0.717) is 17.7 Å². The molecule has 21 heavy (non-hydrogen) atoms. The van der Waals surface area contributed by atoms with Gasteiger partial charge < -0.3 is 9.88 Å². The van der Waals surface area contributed by atoms with Gasteiger partial charge in [-0.15, -0.1) is 11.3 Å². The van der Waals surface area contributed by atoms with Gasteiger partial charge in [0.1, 0.15) is 5.69 Å². The number of fused-ring (bicyclic) bond motifs is 1. The Morgan fingerprint density at radius 1 is 1.43 bits per heavy atom. The van der Waals surface area contributed by atoms with Crippen LogP contribution in [0.5, 0.6) is 0 Å². The van der Waals surface area contributed by atoms with Crippen molar-refractivity contribution in [1.82, 2.24) is 14.5 Å². The molecule has 1 aromatic carbocycles. The van der Waals surface area contributed by atoms with E-state index in [4.69, 9.17) is 0 Å². The summed E-state index contributed by atoms with van der Waals surface area (Å²) in [5, 5.41) is 14.4. The Hall–Kier alpha value is -2.48. The summed E-state index contributed by atoms with van der Waals surface area (Å²) in [6.07, 6.45) is 6.23. The Bertz CT molecular complexity index is 753. The summed E-state index contributed by atoms with van der Waals surface area (Å²) >= 11 is 1.40. The molecule has 108 valence electrons. The number of anilines is 1. The number of nitro benzene ring substituents is 1. The number of hydrogen-bond donors (Lipinski definition) is 1. The van der Waals surface area contributed by atoms with Crippen molar-refractivity contribution in [2.45, 2.75) is 13.0 Å². The van der Waals surface area contributed by atoms with Gasteiger partial charge in [0.2, 0.25) is 0 Å². The van der Waals surface area contributed by atoms with Crippen LogP contribution in [0.1, 0.15) is 6.42 Å². The molecule has 0 radical (unpaired) electrons. The lowest BCUT2D eigenvalue weighted by molar-refractivity contribution is -0.382. The zero-order valence-electron chi connectivity index (χ0n) is 11.1. The Morgan fingerprint density at radius 2 is 2.33 bits per heavy atom. The van der Waals surface area contributed by atoms with Gasteiger partial charge in [0.05, 0.1) is 21.5 Å². The monoisotopic (exact) mass is 303 g/mol. The summed E-state index contributed by atoms with van der Waals surface area (Å²) in [4.78, 5) is 19.0. The Kier molecular flexibility index (Phi) is 3.78. The maximum Gasteiger partial charge on any atom is 0.319 e. The number of imidazole rings is 1. The Morgan fingerprint density at radius 3 is 3.10 bits per heavy atom. The molecule has 3 rings (SSSR count). The van der Waals surface area contributed by atoms with Crippen molar-refractivity contribution in [3.8, 4) is 0 Å². The van der Waals surface area contributed by atoms with Crippen LogP contribution in [-0.4, -0.2) is 26.0 Å². The van der Waals surface area contributed by atoms with Gasteiger partial charge in [0.15, 0.2) is 5.52 Å². The fourth-order valence-electron chi connectivity index (χ4n) is 2.15. The third-order valence-electron chi connectivity index (χ3n) is 3.13. The second-order valence-corrected chi connectivity index (χ2v) is 5.39. The number of nitrogens with zero attached hydrogens (tertiary/aromatic N) is 4. The van der Waals surface area contributed by atoms with E-state index in [1.54, 1.807) is 24.1 Å². The minimum absolute atomic E-state index is 0.0522. The predicted octanol–water partition coefficient (Wildman–Crippen LogP) is 2.90. The van der Waals surface area contributed by atoms with Crippen LogP contribution in [0.25, 0.3) is 10.2 Å².